The van der Waals surface area contributed by atoms with E-state index in [1.807, 2.05) is 19.1 Å². The first-order valence-corrected chi connectivity index (χ1v) is 10.6. The summed E-state index contributed by atoms with van der Waals surface area (Å²) in [5.74, 6) is 0.645. The van der Waals surface area contributed by atoms with Crippen LogP contribution in [0.2, 0.25) is 0 Å². The standard InChI is InChI=1S/C25H24N2O6/c1-12-21-22(15-10-19(31-2)24(30)20(11-15)32-3)23-17(26-25(21)33-27-12)8-14(9-18(23)29)13-4-6-16(28)7-5-13/h4-7,10-11,14,22,26,28,30H,8-9H2,1-3H3/t14-,22-/m0/s1. The van der Waals surface area contributed by atoms with Gasteiger partial charge in [0, 0.05) is 23.6 Å². The molecule has 3 N–H and O–H groups in total. The molecule has 2 atom stereocenters. The number of nitrogens with zero attached hydrogens (tertiary/aromatic N) is 1. The van der Waals surface area contributed by atoms with Gasteiger partial charge in [0.05, 0.1) is 25.5 Å². The number of carbonyl (C=O) groups is 1. The van der Waals surface area contributed by atoms with Crippen molar-refractivity contribution in [2.45, 2.75) is 31.6 Å². The van der Waals surface area contributed by atoms with E-state index < -0.39 is 5.92 Å². The number of hydrogen-bond acceptors (Lipinski definition) is 8. The number of anilines is 1. The van der Waals surface area contributed by atoms with Crippen LogP contribution >= 0.6 is 0 Å². The molecule has 5 rings (SSSR count). The Morgan fingerprint density at radius 2 is 1.70 bits per heavy atom. The number of aromatic nitrogens is 1. The van der Waals surface area contributed by atoms with E-state index in [4.69, 9.17) is 14.0 Å². The quantitative estimate of drug-likeness (QED) is 0.539. The number of ether oxygens (including phenoxy) is 2. The Morgan fingerprint density at radius 3 is 2.33 bits per heavy atom. The first-order valence-electron chi connectivity index (χ1n) is 10.6. The molecule has 1 aliphatic carbocycles. The van der Waals surface area contributed by atoms with E-state index in [9.17, 15) is 15.0 Å². The number of hydrogen-bond donors (Lipinski definition) is 3. The predicted molar refractivity (Wildman–Crippen MR) is 120 cm³/mol. The molecule has 3 aromatic rings. The minimum absolute atomic E-state index is 0.0177. The van der Waals surface area contributed by atoms with Crippen LogP contribution in [0.3, 0.4) is 0 Å². The molecule has 2 aliphatic rings. The van der Waals surface area contributed by atoms with Crippen LogP contribution in [0.25, 0.3) is 0 Å². The van der Waals surface area contributed by atoms with E-state index in [-0.39, 0.29) is 34.7 Å². The molecule has 0 fully saturated rings. The minimum atomic E-state index is -0.445. The van der Waals surface area contributed by atoms with Crippen LogP contribution in [0.5, 0.6) is 23.0 Å². The molecule has 2 aromatic carbocycles. The van der Waals surface area contributed by atoms with Gasteiger partial charge >= 0.3 is 0 Å². The number of ketones is 1. The summed E-state index contributed by atoms with van der Waals surface area (Å²) in [4.78, 5) is 13.6. The molecule has 0 saturated heterocycles. The maximum Gasteiger partial charge on any atom is 0.233 e. The molecule has 0 amide bonds. The van der Waals surface area contributed by atoms with Gasteiger partial charge in [-0.05, 0) is 54.7 Å². The van der Waals surface area contributed by atoms with Crippen molar-refractivity contribution in [1.82, 2.24) is 5.16 Å². The largest absolute Gasteiger partial charge is 0.508 e. The van der Waals surface area contributed by atoms with Crippen molar-refractivity contribution in [2.75, 3.05) is 19.5 Å². The number of aryl methyl sites for hydroxylation is 1. The summed E-state index contributed by atoms with van der Waals surface area (Å²) in [6.45, 7) is 1.84. The lowest BCUT2D eigenvalue weighted by atomic mass is 9.72. The number of carbonyl (C=O) groups excluding carboxylic acids is 1. The monoisotopic (exact) mass is 448 g/mol. The molecule has 0 saturated carbocycles. The van der Waals surface area contributed by atoms with Gasteiger partial charge in [0.25, 0.3) is 0 Å². The molecule has 0 unspecified atom stereocenters. The van der Waals surface area contributed by atoms with Gasteiger partial charge in [-0.15, -0.1) is 0 Å². The third kappa shape index (κ3) is 3.38. The SMILES string of the molecule is COc1cc([C@@H]2C3=C(C[C@H](c4ccc(O)cc4)CC3=O)Nc3onc(C)c32)cc(OC)c1O. The van der Waals surface area contributed by atoms with Gasteiger partial charge in [0.2, 0.25) is 11.6 Å². The van der Waals surface area contributed by atoms with Gasteiger partial charge in [-0.25, -0.2) is 0 Å². The number of phenols is 2. The fraction of sp³-hybridized carbons (Fsp3) is 0.280. The first kappa shape index (κ1) is 20.9. The first-order chi connectivity index (χ1) is 15.9. The number of allylic oxidation sites excluding steroid dienone is 2. The summed E-state index contributed by atoms with van der Waals surface area (Å²) in [7, 11) is 2.94. The Balaban J connectivity index is 1.65. The van der Waals surface area contributed by atoms with Crippen LogP contribution in [0.1, 0.15) is 47.1 Å². The Morgan fingerprint density at radius 1 is 1.03 bits per heavy atom. The maximum atomic E-state index is 13.6. The number of fused-ring (bicyclic) bond motifs is 1. The third-order valence-electron chi connectivity index (χ3n) is 6.46. The van der Waals surface area contributed by atoms with E-state index in [1.165, 1.54) is 14.2 Å². The van der Waals surface area contributed by atoms with Crippen molar-refractivity contribution in [3.05, 3.63) is 70.1 Å². The van der Waals surface area contributed by atoms with Crippen molar-refractivity contribution < 1.29 is 29.0 Å². The van der Waals surface area contributed by atoms with E-state index in [0.29, 0.717) is 30.0 Å². The summed E-state index contributed by atoms with van der Waals surface area (Å²) in [6.07, 6.45) is 0.946. The zero-order valence-corrected chi connectivity index (χ0v) is 18.5. The minimum Gasteiger partial charge on any atom is -0.508 e. The van der Waals surface area contributed by atoms with Crippen molar-refractivity contribution >= 4 is 11.7 Å². The zero-order valence-electron chi connectivity index (χ0n) is 18.5. The highest BCUT2D eigenvalue weighted by Crippen LogP contribution is 2.51. The topological polar surface area (TPSA) is 114 Å². The normalized spacial score (nSPS) is 19.5. The predicted octanol–water partition coefficient (Wildman–Crippen LogP) is 4.37. The van der Waals surface area contributed by atoms with Crippen molar-refractivity contribution in [3.8, 4) is 23.0 Å². The average molecular weight is 448 g/mol. The second-order valence-electron chi connectivity index (χ2n) is 8.35. The summed E-state index contributed by atoms with van der Waals surface area (Å²) < 4.78 is 16.3. The van der Waals surface area contributed by atoms with E-state index in [2.05, 4.69) is 10.5 Å². The summed E-state index contributed by atoms with van der Waals surface area (Å²) in [5.41, 5.74) is 4.61. The Bertz CT molecular complexity index is 1250. The molecule has 170 valence electrons. The molecule has 8 heteroatoms. The fourth-order valence-electron chi connectivity index (χ4n) is 4.87. The third-order valence-corrected chi connectivity index (χ3v) is 6.46. The lowest BCUT2D eigenvalue weighted by molar-refractivity contribution is -0.116. The van der Waals surface area contributed by atoms with Crippen LogP contribution in [-0.2, 0) is 4.79 Å². The Labute approximate surface area is 190 Å². The van der Waals surface area contributed by atoms with Crippen LogP contribution < -0.4 is 14.8 Å². The smallest absolute Gasteiger partial charge is 0.233 e. The van der Waals surface area contributed by atoms with Gasteiger partial charge in [0.15, 0.2) is 17.3 Å². The summed E-state index contributed by atoms with van der Waals surface area (Å²) in [6, 6.07) is 10.4. The molecule has 0 spiro atoms. The Hall–Kier alpha value is -3.94. The number of phenolic OH excluding ortho intramolecular Hbond substituents is 2. The highest BCUT2D eigenvalue weighted by atomic mass is 16.5. The number of aromatic hydroxyl groups is 2. The van der Waals surface area contributed by atoms with E-state index in [1.54, 1.807) is 24.3 Å². The highest BCUT2D eigenvalue weighted by molar-refractivity contribution is 6.01. The van der Waals surface area contributed by atoms with Crippen LogP contribution in [-0.4, -0.2) is 35.4 Å². The number of benzene rings is 2. The van der Waals surface area contributed by atoms with Gasteiger partial charge in [-0.2, -0.15) is 0 Å². The van der Waals surface area contributed by atoms with Gasteiger partial charge in [-0.1, -0.05) is 17.3 Å². The number of rotatable bonds is 4. The second kappa shape index (κ2) is 7.88. The fourth-order valence-corrected chi connectivity index (χ4v) is 4.87. The molecular weight excluding hydrogens is 424 g/mol. The maximum absolute atomic E-state index is 13.6. The molecule has 2 heterocycles. The van der Waals surface area contributed by atoms with Crippen molar-refractivity contribution in [3.63, 3.8) is 0 Å². The summed E-state index contributed by atoms with van der Waals surface area (Å²) >= 11 is 0. The van der Waals surface area contributed by atoms with Crippen LogP contribution in [0, 0.1) is 6.92 Å². The van der Waals surface area contributed by atoms with E-state index in [0.717, 1.165) is 22.4 Å². The summed E-state index contributed by atoms with van der Waals surface area (Å²) in [5, 5.41) is 27.5. The lowest BCUT2D eigenvalue weighted by Crippen LogP contribution is -2.29. The highest BCUT2D eigenvalue weighted by Gasteiger charge is 2.41. The second-order valence-corrected chi connectivity index (χ2v) is 8.35. The Kier molecular flexibility index (Phi) is 5.00. The van der Waals surface area contributed by atoms with Crippen LogP contribution in [0.4, 0.5) is 5.88 Å². The number of Topliss-reactive ketones (excluding diaryl/α,β-unsaturated/α-hetero) is 1. The van der Waals surface area contributed by atoms with Gasteiger partial charge in [-0.3, -0.25) is 4.79 Å². The molecule has 0 bridgehead atoms. The molecule has 1 aromatic heterocycles. The van der Waals surface area contributed by atoms with Crippen molar-refractivity contribution in [2.24, 2.45) is 0 Å². The number of nitrogens with one attached hydrogen (secondary N) is 1. The average Bonchev–Trinajstić information content (AvgIpc) is 3.18. The van der Waals surface area contributed by atoms with Gasteiger partial charge < -0.3 is 29.5 Å². The van der Waals surface area contributed by atoms with Gasteiger partial charge in [0.1, 0.15) is 5.75 Å². The number of methoxy groups -OCH3 is 2. The lowest BCUT2D eigenvalue weighted by Gasteiger charge is -2.34. The molecular formula is C25H24N2O6. The van der Waals surface area contributed by atoms with Crippen LogP contribution in [0.15, 0.2) is 52.2 Å². The van der Waals surface area contributed by atoms with Crippen molar-refractivity contribution in [1.29, 1.82) is 0 Å². The molecule has 8 nitrogen and oxygen atoms in total. The molecule has 33 heavy (non-hydrogen) atoms. The molecule has 1 aliphatic heterocycles. The molecule has 0 radical (unpaired) electrons. The zero-order chi connectivity index (χ0) is 23.3. The van der Waals surface area contributed by atoms with E-state index >= 15 is 0 Å².